The van der Waals surface area contributed by atoms with Crippen molar-refractivity contribution in [3.8, 4) is 0 Å². The highest BCUT2D eigenvalue weighted by Gasteiger charge is 2.43. The second-order valence-corrected chi connectivity index (χ2v) is 7.00. The lowest BCUT2D eigenvalue weighted by atomic mass is 9.63. The summed E-state index contributed by atoms with van der Waals surface area (Å²) in [6, 6.07) is 5.46. The summed E-state index contributed by atoms with van der Waals surface area (Å²) in [6.45, 7) is 4.96. The number of aryl methyl sites for hydroxylation is 1. The van der Waals surface area contributed by atoms with Gasteiger partial charge < -0.3 is 5.73 Å². The Labute approximate surface area is 128 Å². The van der Waals surface area contributed by atoms with E-state index >= 15 is 0 Å². The largest absolute Gasteiger partial charge is 0.330 e. The van der Waals surface area contributed by atoms with E-state index in [0.29, 0.717) is 0 Å². The number of rotatable bonds is 4. The fourth-order valence-corrected chi connectivity index (χ4v) is 3.90. The molecule has 0 radical (unpaired) electrons. The van der Waals surface area contributed by atoms with Crippen LogP contribution in [0.25, 0.3) is 0 Å². The minimum atomic E-state index is -0.127. The van der Waals surface area contributed by atoms with Gasteiger partial charge in [-0.1, -0.05) is 13.0 Å². The predicted molar refractivity (Wildman–Crippen MR) is 86.7 cm³/mol. The summed E-state index contributed by atoms with van der Waals surface area (Å²) in [5.41, 5.74) is 8.37. The number of benzene rings is 1. The molecule has 0 atom stereocenters. The first kappa shape index (κ1) is 16.4. The Balaban J connectivity index is 2.36. The molecule has 0 amide bonds. The first-order valence-electron chi connectivity index (χ1n) is 8.03. The summed E-state index contributed by atoms with van der Waals surface area (Å²) in [5, 5.41) is 0. The minimum absolute atomic E-state index is 0.0549. The van der Waals surface area contributed by atoms with Crippen LogP contribution in [0.2, 0.25) is 0 Å². The number of hydrogen-bond donors (Lipinski definition) is 1. The molecule has 1 aliphatic rings. The Morgan fingerprint density at radius 1 is 1.14 bits per heavy atom. The third-order valence-corrected chi connectivity index (χ3v) is 5.76. The van der Waals surface area contributed by atoms with E-state index in [9.17, 15) is 4.39 Å². The molecule has 1 fully saturated rings. The van der Waals surface area contributed by atoms with Crippen LogP contribution in [0.15, 0.2) is 18.2 Å². The monoisotopic (exact) mass is 292 g/mol. The van der Waals surface area contributed by atoms with Gasteiger partial charge in [-0.25, -0.2) is 4.39 Å². The van der Waals surface area contributed by atoms with Gasteiger partial charge in [-0.2, -0.15) is 0 Å². The zero-order valence-electron chi connectivity index (χ0n) is 13.9. The van der Waals surface area contributed by atoms with Crippen LogP contribution in [0, 0.1) is 18.2 Å². The van der Waals surface area contributed by atoms with Crippen LogP contribution in [0.4, 0.5) is 4.39 Å². The number of nitrogens with zero attached hydrogens (tertiary/aromatic N) is 1. The summed E-state index contributed by atoms with van der Waals surface area (Å²) in [5.74, 6) is -0.127. The quantitative estimate of drug-likeness (QED) is 0.914. The standard InChI is InChI=1S/C18H29FN2/c1-5-17(13-20)6-8-18(9-7-17,21(3)4)15-10-14(2)11-16(19)12-15/h10-12H,5-9,13,20H2,1-4H3/t17-,18-. The molecule has 0 aromatic heterocycles. The first-order chi connectivity index (χ1) is 9.87. The maximum Gasteiger partial charge on any atom is 0.123 e. The molecule has 0 aliphatic heterocycles. The van der Waals surface area contributed by atoms with E-state index < -0.39 is 0 Å². The van der Waals surface area contributed by atoms with Crippen molar-refractivity contribution in [3.63, 3.8) is 0 Å². The molecule has 0 unspecified atom stereocenters. The van der Waals surface area contributed by atoms with E-state index in [1.165, 1.54) is 0 Å². The smallest absolute Gasteiger partial charge is 0.123 e. The zero-order valence-corrected chi connectivity index (χ0v) is 13.9. The second-order valence-electron chi connectivity index (χ2n) is 7.00. The first-order valence-corrected chi connectivity index (χ1v) is 8.03. The van der Waals surface area contributed by atoms with Crippen molar-refractivity contribution < 1.29 is 4.39 Å². The average molecular weight is 292 g/mol. The molecule has 1 aromatic carbocycles. The Bertz CT molecular complexity index is 462. The molecule has 1 aliphatic carbocycles. The van der Waals surface area contributed by atoms with Gasteiger partial charge >= 0.3 is 0 Å². The van der Waals surface area contributed by atoms with Gasteiger partial charge in [0.15, 0.2) is 0 Å². The topological polar surface area (TPSA) is 29.3 Å². The molecule has 0 heterocycles. The van der Waals surface area contributed by atoms with E-state index in [0.717, 1.165) is 49.8 Å². The van der Waals surface area contributed by atoms with Gasteiger partial charge in [-0.3, -0.25) is 4.90 Å². The van der Waals surface area contributed by atoms with Gasteiger partial charge in [0.1, 0.15) is 5.82 Å². The normalized spacial score (nSPS) is 29.9. The van der Waals surface area contributed by atoms with E-state index in [2.05, 4.69) is 32.0 Å². The van der Waals surface area contributed by atoms with Gasteiger partial charge in [0, 0.05) is 5.54 Å². The Morgan fingerprint density at radius 3 is 2.19 bits per heavy atom. The van der Waals surface area contributed by atoms with Crippen LogP contribution in [0.1, 0.15) is 50.2 Å². The van der Waals surface area contributed by atoms with Crippen molar-refractivity contribution >= 4 is 0 Å². The molecule has 118 valence electrons. The van der Waals surface area contributed by atoms with Crippen molar-refractivity contribution in [1.82, 2.24) is 4.90 Å². The maximum atomic E-state index is 13.9. The summed E-state index contributed by atoms with van der Waals surface area (Å²) in [6.07, 6.45) is 5.47. The lowest BCUT2D eigenvalue weighted by Crippen LogP contribution is -2.48. The zero-order chi connectivity index (χ0) is 15.7. The number of nitrogens with two attached hydrogens (primary N) is 1. The van der Waals surface area contributed by atoms with Gasteiger partial charge in [0.2, 0.25) is 0 Å². The summed E-state index contributed by atoms with van der Waals surface area (Å²) in [7, 11) is 4.23. The van der Waals surface area contributed by atoms with Crippen LogP contribution >= 0.6 is 0 Å². The lowest BCUT2D eigenvalue weighted by Gasteiger charge is -2.50. The molecule has 1 saturated carbocycles. The molecule has 2 N–H and O–H groups in total. The molecule has 2 nitrogen and oxygen atoms in total. The number of hydrogen-bond acceptors (Lipinski definition) is 2. The highest BCUT2D eigenvalue weighted by molar-refractivity contribution is 5.31. The maximum absolute atomic E-state index is 13.9. The van der Waals surface area contributed by atoms with E-state index in [-0.39, 0.29) is 16.8 Å². The van der Waals surface area contributed by atoms with Crippen LogP contribution < -0.4 is 5.73 Å². The minimum Gasteiger partial charge on any atom is -0.330 e. The Hall–Kier alpha value is -0.930. The molecule has 0 spiro atoms. The van der Waals surface area contributed by atoms with Crippen molar-refractivity contribution in [2.24, 2.45) is 11.1 Å². The number of halogens is 1. The van der Waals surface area contributed by atoms with Crippen molar-refractivity contribution in [1.29, 1.82) is 0 Å². The van der Waals surface area contributed by atoms with Crippen LogP contribution in [-0.4, -0.2) is 25.5 Å². The lowest BCUT2D eigenvalue weighted by molar-refractivity contribution is 0.0361. The van der Waals surface area contributed by atoms with Gasteiger partial charge in [-0.05, 0) is 88.3 Å². The third kappa shape index (κ3) is 3.00. The third-order valence-electron chi connectivity index (χ3n) is 5.76. The van der Waals surface area contributed by atoms with Crippen molar-refractivity contribution in [2.45, 2.75) is 51.5 Å². The fraction of sp³-hybridized carbons (Fsp3) is 0.667. The van der Waals surface area contributed by atoms with Crippen molar-refractivity contribution in [3.05, 3.63) is 35.1 Å². The van der Waals surface area contributed by atoms with E-state index in [1.807, 2.05) is 6.92 Å². The van der Waals surface area contributed by atoms with Crippen molar-refractivity contribution in [2.75, 3.05) is 20.6 Å². The molecular weight excluding hydrogens is 263 g/mol. The molecule has 1 aromatic rings. The molecule has 3 heteroatoms. The highest BCUT2D eigenvalue weighted by atomic mass is 19.1. The van der Waals surface area contributed by atoms with Gasteiger partial charge in [-0.15, -0.1) is 0 Å². The SMILES string of the molecule is CC[C@]1(CN)CC[C@](c2cc(C)cc(F)c2)(N(C)C)CC1. The average Bonchev–Trinajstić information content (AvgIpc) is 2.46. The Morgan fingerprint density at radius 2 is 1.76 bits per heavy atom. The molecule has 21 heavy (non-hydrogen) atoms. The van der Waals surface area contributed by atoms with Crippen LogP contribution in [-0.2, 0) is 5.54 Å². The van der Waals surface area contributed by atoms with Gasteiger partial charge in [0.25, 0.3) is 0 Å². The highest BCUT2D eigenvalue weighted by Crippen LogP contribution is 2.49. The summed E-state index contributed by atoms with van der Waals surface area (Å²) < 4.78 is 13.9. The summed E-state index contributed by atoms with van der Waals surface area (Å²) >= 11 is 0. The fourth-order valence-electron chi connectivity index (χ4n) is 3.90. The Kier molecular flexibility index (Phi) is 4.74. The summed E-state index contributed by atoms with van der Waals surface area (Å²) in [4.78, 5) is 2.28. The van der Waals surface area contributed by atoms with Crippen LogP contribution in [0.5, 0.6) is 0 Å². The second kappa shape index (κ2) is 6.05. The predicted octanol–water partition coefficient (Wildman–Crippen LogP) is 3.82. The van der Waals surface area contributed by atoms with E-state index in [4.69, 9.17) is 5.73 Å². The van der Waals surface area contributed by atoms with E-state index in [1.54, 1.807) is 12.1 Å². The van der Waals surface area contributed by atoms with Crippen LogP contribution in [0.3, 0.4) is 0 Å². The van der Waals surface area contributed by atoms with Gasteiger partial charge in [0.05, 0.1) is 0 Å². The molecule has 0 saturated heterocycles. The molecule has 0 bridgehead atoms. The molecule has 2 rings (SSSR count). The molecular formula is C18H29FN2.